The molecule has 2 aliphatic rings. The van der Waals surface area contributed by atoms with Crippen LogP contribution in [0.3, 0.4) is 0 Å². The molecule has 2 fully saturated rings. The van der Waals surface area contributed by atoms with Crippen LogP contribution in [0.15, 0.2) is 55.0 Å². The zero-order chi connectivity index (χ0) is 19.5. The molecule has 2 aliphatic heterocycles. The molecule has 29 heavy (non-hydrogen) atoms. The molecule has 6 nitrogen and oxygen atoms in total. The summed E-state index contributed by atoms with van der Waals surface area (Å²) in [5.41, 5.74) is 5.73. The number of nitrogens with zero attached hydrogens (tertiary/aromatic N) is 4. The average molecular weight is 390 g/mol. The number of ether oxygens (including phenoxy) is 2. The lowest BCUT2D eigenvalue weighted by atomic mass is 10.0. The summed E-state index contributed by atoms with van der Waals surface area (Å²) < 4.78 is 13.6. The highest BCUT2D eigenvalue weighted by atomic mass is 16.5. The molecule has 150 valence electrons. The highest BCUT2D eigenvalue weighted by molar-refractivity contribution is 5.81. The van der Waals surface area contributed by atoms with Crippen molar-refractivity contribution in [2.75, 3.05) is 37.8 Å². The van der Waals surface area contributed by atoms with Crippen LogP contribution in [0.1, 0.15) is 25.5 Å². The quantitative estimate of drug-likeness (QED) is 0.670. The molecule has 2 saturated heterocycles. The Labute approximate surface area is 171 Å². The molecular weight excluding hydrogens is 364 g/mol. The topological polar surface area (TPSA) is 52.4 Å². The summed E-state index contributed by atoms with van der Waals surface area (Å²) in [5, 5.41) is 4.75. The number of anilines is 1. The molecule has 0 N–H and O–H groups in total. The van der Waals surface area contributed by atoms with Crippen LogP contribution in [0, 0.1) is 0 Å². The fourth-order valence-electron chi connectivity index (χ4n) is 4.18. The minimum atomic E-state index is -0.00624. The van der Waals surface area contributed by atoms with Gasteiger partial charge in [0.05, 0.1) is 25.1 Å². The zero-order valence-electron chi connectivity index (χ0n) is 16.5. The van der Waals surface area contributed by atoms with Gasteiger partial charge in [0.1, 0.15) is 0 Å². The van der Waals surface area contributed by atoms with Crippen LogP contribution in [-0.2, 0) is 9.47 Å². The highest BCUT2D eigenvalue weighted by Gasteiger charge is 2.23. The number of pyridine rings is 1. The van der Waals surface area contributed by atoms with Crippen LogP contribution < -0.4 is 4.90 Å². The molecule has 4 heterocycles. The van der Waals surface area contributed by atoms with E-state index in [1.807, 2.05) is 30.7 Å². The molecule has 2 aromatic heterocycles. The number of aromatic nitrogens is 3. The van der Waals surface area contributed by atoms with Gasteiger partial charge in [0.25, 0.3) is 0 Å². The average Bonchev–Trinajstić information content (AvgIpc) is 3.26. The Hall–Kier alpha value is -2.70. The molecule has 3 aromatic rings. The third-order valence-electron chi connectivity index (χ3n) is 5.73. The molecule has 1 atom stereocenters. The first kappa shape index (κ1) is 18.3. The van der Waals surface area contributed by atoms with Gasteiger partial charge in [-0.3, -0.25) is 4.98 Å². The monoisotopic (exact) mass is 390 g/mol. The predicted octanol–water partition coefficient (Wildman–Crippen LogP) is 4.15. The lowest BCUT2D eigenvalue weighted by Gasteiger charge is -2.29. The Balaban J connectivity index is 1.54. The van der Waals surface area contributed by atoms with Gasteiger partial charge in [-0.05, 0) is 49.1 Å². The largest absolute Gasteiger partial charge is 0.378 e. The minimum absolute atomic E-state index is 0.00624. The Morgan fingerprint density at radius 1 is 0.862 bits per heavy atom. The van der Waals surface area contributed by atoms with Gasteiger partial charge in [-0.25, -0.2) is 4.68 Å². The van der Waals surface area contributed by atoms with Crippen molar-refractivity contribution in [3.63, 3.8) is 0 Å². The lowest BCUT2D eigenvalue weighted by molar-refractivity contribution is -0.0383. The summed E-state index contributed by atoms with van der Waals surface area (Å²) >= 11 is 0. The van der Waals surface area contributed by atoms with E-state index in [2.05, 4.69) is 38.8 Å². The second kappa shape index (κ2) is 8.35. The number of hydrogen-bond acceptors (Lipinski definition) is 5. The Morgan fingerprint density at radius 3 is 2.38 bits per heavy atom. The SMILES string of the molecule is c1cc(-c2cnn(C3CCCCO3)c2-c2ccc(N3CCOCC3)cc2)ccn1. The highest BCUT2D eigenvalue weighted by Crippen LogP contribution is 2.36. The summed E-state index contributed by atoms with van der Waals surface area (Å²) in [4.78, 5) is 6.54. The summed E-state index contributed by atoms with van der Waals surface area (Å²) in [6.07, 6.45) is 8.90. The van der Waals surface area contributed by atoms with Gasteiger partial charge < -0.3 is 14.4 Å². The zero-order valence-corrected chi connectivity index (χ0v) is 16.5. The van der Waals surface area contributed by atoms with Crippen LogP contribution in [0.5, 0.6) is 0 Å². The number of rotatable bonds is 4. The van der Waals surface area contributed by atoms with E-state index < -0.39 is 0 Å². The second-order valence-corrected chi connectivity index (χ2v) is 7.55. The van der Waals surface area contributed by atoms with Crippen molar-refractivity contribution in [3.8, 4) is 22.4 Å². The van der Waals surface area contributed by atoms with E-state index >= 15 is 0 Å². The van der Waals surface area contributed by atoms with Crippen molar-refractivity contribution in [2.24, 2.45) is 0 Å². The molecular formula is C23H26N4O2. The van der Waals surface area contributed by atoms with Crippen molar-refractivity contribution in [3.05, 3.63) is 55.0 Å². The second-order valence-electron chi connectivity index (χ2n) is 7.55. The third-order valence-corrected chi connectivity index (χ3v) is 5.73. The molecule has 0 radical (unpaired) electrons. The lowest BCUT2D eigenvalue weighted by Crippen LogP contribution is -2.36. The molecule has 0 aliphatic carbocycles. The molecule has 0 amide bonds. The summed E-state index contributed by atoms with van der Waals surface area (Å²) in [7, 11) is 0. The third kappa shape index (κ3) is 3.78. The van der Waals surface area contributed by atoms with Gasteiger partial charge >= 0.3 is 0 Å². The van der Waals surface area contributed by atoms with Gasteiger partial charge in [0.15, 0.2) is 6.23 Å². The fourth-order valence-corrected chi connectivity index (χ4v) is 4.18. The molecule has 0 spiro atoms. The van der Waals surface area contributed by atoms with Gasteiger partial charge in [-0.1, -0.05) is 12.1 Å². The van der Waals surface area contributed by atoms with Crippen LogP contribution in [-0.4, -0.2) is 47.7 Å². The maximum absolute atomic E-state index is 6.06. The smallest absolute Gasteiger partial charge is 0.150 e. The summed E-state index contributed by atoms with van der Waals surface area (Å²) in [6.45, 7) is 4.26. The van der Waals surface area contributed by atoms with E-state index in [-0.39, 0.29) is 6.23 Å². The number of benzene rings is 1. The van der Waals surface area contributed by atoms with Gasteiger partial charge in [-0.15, -0.1) is 0 Å². The van der Waals surface area contributed by atoms with Crippen LogP contribution >= 0.6 is 0 Å². The molecule has 5 rings (SSSR count). The van der Waals surface area contributed by atoms with E-state index in [4.69, 9.17) is 14.6 Å². The van der Waals surface area contributed by atoms with E-state index in [1.54, 1.807) is 0 Å². The van der Waals surface area contributed by atoms with Crippen molar-refractivity contribution in [1.82, 2.24) is 14.8 Å². The Bertz CT molecular complexity index is 927. The van der Waals surface area contributed by atoms with Crippen molar-refractivity contribution < 1.29 is 9.47 Å². The van der Waals surface area contributed by atoms with E-state index in [9.17, 15) is 0 Å². The number of hydrogen-bond donors (Lipinski definition) is 0. The van der Waals surface area contributed by atoms with Crippen molar-refractivity contribution in [1.29, 1.82) is 0 Å². The maximum atomic E-state index is 6.06. The summed E-state index contributed by atoms with van der Waals surface area (Å²) in [6, 6.07) is 12.9. The standard InChI is InChI=1S/C23H26N4O2/c1-2-14-29-22(3-1)27-23(21(17-25-27)18-8-10-24-11-9-18)19-4-6-20(7-5-19)26-12-15-28-16-13-26/h4-11,17,22H,1-3,12-16H2. The predicted molar refractivity (Wildman–Crippen MR) is 113 cm³/mol. The molecule has 6 heteroatoms. The maximum Gasteiger partial charge on any atom is 0.150 e. The van der Waals surface area contributed by atoms with Gasteiger partial charge in [-0.2, -0.15) is 5.10 Å². The molecule has 1 aromatic carbocycles. The Morgan fingerprint density at radius 2 is 1.66 bits per heavy atom. The summed E-state index contributed by atoms with van der Waals surface area (Å²) in [5.74, 6) is 0. The first-order valence-corrected chi connectivity index (χ1v) is 10.4. The minimum Gasteiger partial charge on any atom is -0.378 e. The Kier molecular flexibility index (Phi) is 5.28. The fraction of sp³-hybridized carbons (Fsp3) is 0.391. The normalized spacial score (nSPS) is 20.0. The number of morpholine rings is 1. The van der Waals surface area contributed by atoms with E-state index in [1.165, 1.54) is 12.1 Å². The first-order chi connectivity index (χ1) is 14.4. The van der Waals surface area contributed by atoms with Crippen molar-refractivity contribution >= 4 is 5.69 Å². The molecule has 1 unspecified atom stereocenters. The van der Waals surface area contributed by atoms with Crippen molar-refractivity contribution in [2.45, 2.75) is 25.5 Å². The van der Waals surface area contributed by atoms with Crippen LogP contribution in [0.4, 0.5) is 5.69 Å². The van der Waals surface area contributed by atoms with E-state index in [0.717, 1.165) is 68.1 Å². The van der Waals surface area contributed by atoms with Crippen LogP contribution in [0.25, 0.3) is 22.4 Å². The first-order valence-electron chi connectivity index (χ1n) is 10.4. The molecule has 0 bridgehead atoms. The van der Waals surface area contributed by atoms with Gasteiger partial charge in [0.2, 0.25) is 0 Å². The van der Waals surface area contributed by atoms with E-state index in [0.29, 0.717) is 0 Å². The van der Waals surface area contributed by atoms with Crippen LogP contribution in [0.2, 0.25) is 0 Å². The molecule has 0 saturated carbocycles. The van der Waals surface area contributed by atoms with Gasteiger partial charge in [0, 0.05) is 48.9 Å².